The van der Waals surface area contributed by atoms with E-state index in [4.69, 9.17) is 5.73 Å². The molecular weight excluding hydrogens is 186 g/mol. The van der Waals surface area contributed by atoms with Gasteiger partial charge in [-0.25, -0.2) is 0 Å². The van der Waals surface area contributed by atoms with Crippen LogP contribution in [-0.2, 0) is 0 Å². The fourth-order valence-corrected chi connectivity index (χ4v) is 2.46. The molecule has 1 atom stereocenters. The van der Waals surface area contributed by atoms with Crippen LogP contribution in [0.3, 0.4) is 0 Å². The maximum atomic E-state index is 5.66. The van der Waals surface area contributed by atoms with Gasteiger partial charge in [0, 0.05) is 6.04 Å². The van der Waals surface area contributed by atoms with Gasteiger partial charge in [0.15, 0.2) is 0 Å². The Balaban J connectivity index is 2.23. The SMILES string of the molecule is CN(C)CCCN1CCCCC1CCN. The van der Waals surface area contributed by atoms with Gasteiger partial charge in [-0.1, -0.05) is 6.42 Å². The Hall–Kier alpha value is -0.120. The molecule has 0 spiro atoms. The van der Waals surface area contributed by atoms with Crippen LogP contribution in [0, 0.1) is 0 Å². The minimum Gasteiger partial charge on any atom is -0.330 e. The molecule has 0 amide bonds. The van der Waals surface area contributed by atoms with Crippen molar-refractivity contribution in [1.82, 2.24) is 9.80 Å². The third-order valence-corrected chi connectivity index (χ3v) is 3.30. The van der Waals surface area contributed by atoms with Gasteiger partial charge in [-0.05, 0) is 66.0 Å². The first-order chi connectivity index (χ1) is 7.24. The summed E-state index contributed by atoms with van der Waals surface area (Å²) >= 11 is 0. The Morgan fingerprint density at radius 3 is 2.80 bits per heavy atom. The predicted molar refractivity (Wildman–Crippen MR) is 66.1 cm³/mol. The highest BCUT2D eigenvalue weighted by Gasteiger charge is 2.20. The second-order valence-electron chi connectivity index (χ2n) is 4.92. The lowest BCUT2D eigenvalue weighted by Crippen LogP contribution is -2.41. The maximum absolute atomic E-state index is 5.66. The Morgan fingerprint density at radius 1 is 1.33 bits per heavy atom. The van der Waals surface area contributed by atoms with E-state index < -0.39 is 0 Å². The topological polar surface area (TPSA) is 32.5 Å². The molecule has 1 fully saturated rings. The van der Waals surface area contributed by atoms with Crippen molar-refractivity contribution < 1.29 is 0 Å². The average Bonchev–Trinajstić information content (AvgIpc) is 2.20. The molecule has 1 saturated heterocycles. The lowest BCUT2D eigenvalue weighted by Gasteiger charge is -2.35. The lowest BCUT2D eigenvalue weighted by atomic mass is 9.99. The molecule has 1 unspecified atom stereocenters. The molecule has 15 heavy (non-hydrogen) atoms. The van der Waals surface area contributed by atoms with Crippen molar-refractivity contribution in [3.8, 4) is 0 Å². The van der Waals surface area contributed by atoms with Crippen LogP contribution in [0.25, 0.3) is 0 Å². The Bertz CT molecular complexity index is 157. The fourth-order valence-electron chi connectivity index (χ4n) is 2.46. The molecule has 0 radical (unpaired) electrons. The van der Waals surface area contributed by atoms with E-state index in [-0.39, 0.29) is 0 Å². The van der Waals surface area contributed by atoms with Crippen LogP contribution >= 0.6 is 0 Å². The molecule has 1 rings (SSSR count). The molecule has 0 saturated carbocycles. The van der Waals surface area contributed by atoms with Gasteiger partial charge >= 0.3 is 0 Å². The number of nitrogens with zero attached hydrogens (tertiary/aromatic N) is 2. The largest absolute Gasteiger partial charge is 0.330 e. The zero-order chi connectivity index (χ0) is 11.1. The first kappa shape index (κ1) is 12.9. The van der Waals surface area contributed by atoms with Crippen molar-refractivity contribution in [2.24, 2.45) is 5.73 Å². The van der Waals surface area contributed by atoms with Crippen LogP contribution in [0.2, 0.25) is 0 Å². The van der Waals surface area contributed by atoms with Crippen molar-refractivity contribution in [1.29, 1.82) is 0 Å². The van der Waals surface area contributed by atoms with Crippen LogP contribution in [-0.4, -0.2) is 56.1 Å². The van der Waals surface area contributed by atoms with Gasteiger partial charge in [-0.3, -0.25) is 0 Å². The second-order valence-corrected chi connectivity index (χ2v) is 4.92. The van der Waals surface area contributed by atoms with Gasteiger partial charge < -0.3 is 15.5 Å². The second kappa shape index (κ2) is 7.20. The van der Waals surface area contributed by atoms with Crippen molar-refractivity contribution in [2.45, 2.75) is 38.1 Å². The highest BCUT2D eigenvalue weighted by Crippen LogP contribution is 2.19. The Morgan fingerprint density at radius 2 is 2.13 bits per heavy atom. The number of nitrogens with two attached hydrogens (primary N) is 1. The zero-order valence-electron chi connectivity index (χ0n) is 10.4. The van der Waals surface area contributed by atoms with Crippen molar-refractivity contribution in [3.63, 3.8) is 0 Å². The number of piperidine rings is 1. The van der Waals surface area contributed by atoms with Crippen LogP contribution in [0.5, 0.6) is 0 Å². The summed E-state index contributed by atoms with van der Waals surface area (Å²) in [4.78, 5) is 4.92. The molecule has 0 aromatic carbocycles. The molecule has 0 aliphatic carbocycles. The van der Waals surface area contributed by atoms with Crippen LogP contribution in [0.1, 0.15) is 32.1 Å². The normalized spacial score (nSPS) is 23.6. The van der Waals surface area contributed by atoms with E-state index in [0.29, 0.717) is 0 Å². The number of rotatable bonds is 6. The summed E-state index contributed by atoms with van der Waals surface area (Å²) in [7, 11) is 4.29. The predicted octanol–water partition coefficient (Wildman–Crippen LogP) is 1.14. The molecule has 0 bridgehead atoms. The van der Waals surface area contributed by atoms with E-state index in [9.17, 15) is 0 Å². The zero-order valence-corrected chi connectivity index (χ0v) is 10.4. The summed E-state index contributed by atoms with van der Waals surface area (Å²) in [6, 6.07) is 0.769. The van der Waals surface area contributed by atoms with Crippen molar-refractivity contribution >= 4 is 0 Å². The highest BCUT2D eigenvalue weighted by atomic mass is 15.2. The van der Waals surface area contributed by atoms with Crippen LogP contribution in [0.4, 0.5) is 0 Å². The van der Waals surface area contributed by atoms with Crippen LogP contribution in [0.15, 0.2) is 0 Å². The number of likely N-dealkylation sites (tertiary alicyclic amines) is 1. The standard InChI is InChI=1S/C12H27N3/c1-14(2)9-5-11-15-10-4-3-6-12(15)7-8-13/h12H,3-11,13H2,1-2H3. The molecule has 90 valence electrons. The Labute approximate surface area is 94.6 Å². The average molecular weight is 213 g/mol. The summed E-state index contributed by atoms with van der Waals surface area (Å²) in [5.74, 6) is 0. The Kier molecular flexibility index (Phi) is 6.22. The van der Waals surface area contributed by atoms with E-state index in [2.05, 4.69) is 23.9 Å². The molecule has 1 heterocycles. The molecule has 1 aliphatic rings. The molecular formula is C12H27N3. The molecule has 2 N–H and O–H groups in total. The van der Waals surface area contributed by atoms with Gasteiger partial charge in [-0.2, -0.15) is 0 Å². The fraction of sp³-hybridized carbons (Fsp3) is 1.00. The smallest absolute Gasteiger partial charge is 0.0107 e. The summed E-state index contributed by atoms with van der Waals surface area (Å²) in [5.41, 5.74) is 5.66. The maximum Gasteiger partial charge on any atom is 0.0107 e. The summed E-state index contributed by atoms with van der Waals surface area (Å²) in [6.07, 6.45) is 6.60. The first-order valence-corrected chi connectivity index (χ1v) is 6.33. The highest BCUT2D eigenvalue weighted by molar-refractivity contribution is 4.77. The number of hydrogen-bond acceptors (Lipinski definition) is 3. The number of hydrogen-bond donors (Lipinski definition) is 1. The van der Waals surface area contributed by atoms with E-state index in [1.165, 1.54) is 51.7 Å². The minimum atomic E-state index is 0.769. The third kappa shape index (κ3) is 4.96. The van der Waals surface area contributed by atoms with Gasteiger partial charge in [0.2, 0.25) is 0 Å². The molecule has 0 aromatic rings. The lowest BCUT2D eigenvalue weighted by molar-refractivity contribution is 0.136. The third-order valence-electron chi connectivity index (χ3n) is 3.30. The van der Waals surface area contributed by atoms with E-state index in [1.807, 2.05) is 0 Å². The first-order valence-electron chi connectivity index (χ1n) is 6.33. The van der Waals surface area contributed by atoms with Crippen molar-refractivity contribution in [2.75, 3.05) is 40.3 Å². The monoisotopic (exact) mass is 213 g/mol. The van der Waals surface area contributed by atoms with E-state index in [0.717, 1.165) is 12.6 Å². The molecule has 3 heteroatoms. The van der Waals surface area contributed by atoms with E-state index >= 15 is 0 Å². The molecule has 0 aromatic heterocycles. The van der Waals surface area contributed by atoms with Gasteiger partial charge in [0.25, 0.3) is 0 Å². The van der Waals surface area contributed by atoms with Crippen molar-refractivity contribution in [3.05, 3.63) is 0 Å². The van der Waals surface area contributed by atoms with Gasteiger partial charge in [-0.15, -0.1) is 0 Å². The van der Waals surface area contributed by atoms with Crippen LogP contribution < -0.4 is 5.73 Å². The van der Waals surface area contributed by atoms with Gasteiger partial charge in [0.1, 0.15) is 0 Å². The van der Waals surface area contributed by atoms with E-state index in [1.54, 1.807) is 0 Å². The molecule has 3 nitrogen and oxygen atoms in total. The minimum absolute atomic E-state index is 0.769. The van der Waals surface area contributed by atoms with Gasteiger partial charge in [0.05, 0.1) is 0 Å². The summed E-state index contributed by atoms with van der Waals surface area (Å²) < 4.78 is 0. The summed E-state index contributed by atoms with van der Waals surface area (Å²) in [5, 5.41) is 0. The summed E-state index contributed by atoms with van der Waals surface area (Å²) in [6.45, 7) is 4.58. The molecule has 1 aliphatic heterocycles. The quantitative estimate of drug-likeness (QED) is 0.718.